The highest BCUT2D eigenvalue weighted by Crippen LogP contribution is 2.13. The molecular formula is C13H27N3O2. The number of hydrogen-bond acceptors (Lipinski definition) is 3. The molecule has 0 aromatic carbocycles. The second kappa shape index (κ2) is 6.18. The molecule has 0 bridgehead atoms. The standard InChI is InChI=1S/C13H27N3O2/c1-9(10(17)16-12(2,3)4)15-8-13(5,6)11(18)14-7/h9,15H,8H2,1-7H3,(H,14,18)(H,16,17). The Bertz CT molecular complexity index is 306. The molecule has 0 fully saturated rings. The summed E-state index contributed by atoms with van der Waals surface area (Å²) in [5.74, 6) is -0.103. The molecule has 1 atom stereocenters. The SMILES string of the molecule is CNC(=O)C(C)(C)CNC(C)C(=O)NC(C)(C)C. The first kappa shape index (κ1) is 16.9. The summed E-state index contributed by atoms with van der Waals surface area (Å²) < 4.78 is 0. The third-order valence-electron chi connectivity index (χ3n) is 2.58. The van der Waals surface area contributed by atoms with Crippen molar-refractivity contribution in [1.82, 2.24) is 16.0 Å². The van der Waals surface area contributed by atoms with E-state index in [1.807, 2.05) is 34.6 Å². The summed E-state index contributed by atoms with van der Waals surface area (Å²) in [6.07, 6.45) is 0. The highest BCUT2D eigenvalue weighted by atomic mass is 16.2. The van der Waals surface area contributed by atoms with Crippen LogP contribution >= 0.6 is 0 Å². The Kier molecular flexibility index (Phi) is 5.80. The van der Waals surface area contributed by atoms with Crippen LogP contribution < -0.4 is 16.0 Å². The first-order valence-electron chi connectivity index (χ1n) is 6.27. The third-order valence-corrected chi connectivity index (χ3v) is 2.58. The van der Waals surface area contributed by atoms with Gasteiger partial charge in [0.1, 0.15) is 0 Å². The maximum atomic E-state index is 11.8. The van der Waals surface area contributed by atoms with Crippen molar-refractivity contribution in [2.45, 2.75) is 53.1 Å². The van der Waals surface area contributed by atoms with Gasteiger partial charge < -0.3 is 16.0 Å². The lowest BCUT2D eigenvalue weighted by Crippen LogP contribution is -2.52. The Morgan fingerprint density at radius 2 is 1.61 bits per heavy atom. The van der Waals surface area contributed by atoms with Gasteiger partial charge in [0, 0.05) is 19.1 Å². The van der Waals surface area contributed by atoms with Crippen molar-refractivity contribution in [2.24, 2.45) is 5.41 Å². The second-order valence-electron chi connectivity index (χ2n) is 6.30. The van der Waals surface area contributed by atoms with Gasteiger partial charge >= 0.3 is 0 Å². The Hall–Kier alpha value is -1.10. The van der Waals surface area contributed by atoms with Gasteiger partial charge in [0.2, 0.25) is 11.8 Å². The highest BCUT2D eigenvalue weighted by Gasteiger charge is 2.28. The molecule has 5 heteroatoms. The average molecular weight is 257 g/mol. The largest absolute Gasteiger partial charge is 0.359 e. The van der Waals surface area contributed by atoms with E-state index in [-0.39, 0.29) is 23.4 Å². The van der Waals surface area contributed by atoms with Crippen molar-refractivity contribution in [2.75, 3.05) is 13.6 Å². The molecule has 0 aliphatic heterocycles. The summed E-state index contributed by atoms with van der Waals surface area (Å²) in [6.45, 7) is 11.7. The fourth-order valence-corrected chi connectivity index (χ4v) is 1.40. The minimum absolute atomic E-state index is 0.0431. The van der Waals surface area contributed by atoms with E-state index in [4.69, 9.17) is 0 Å². The number of carbonyl (C=O) groups is 2. The topological polar surface area (TPSA) is 70.2 Å². The van der Waals surface area contributed by atoms with Crippen molar-refractivity contribution >= 4 is 11.8 Å². The Balaban J connectivity index is 4.30. The van der Waals surface area contributed by atoms with Crippen LogP contribution in [0.25, 0.3) is 0 Å². The van der Waals surface area contributed by atoms with Crippen LogP contribution in [-0.4, -0.2) is 37.0 Å². The monoisotopic (exact) mass is 257 g/mol. The zero-order valence-electron chi connectivity index (χ0n) is 12.6. The Morgan fingerprint density at radius 3 is 2.00 bits per heavy atom. The summed E-state index contributed by atoms with van der Waals surface area (Å²) in [6, 6.07) is -0.326. The summed E-state index contributed by atoms with van der Waals surface area (Å²) in [7, 11) is 1.61. The molecular weight excluding hydrogens is 230 g/mol. The molecule has 5 nitrogen and oxygen atoms in total. The van der Waals surface area contributed by atoms with Crippen LogP contribution in [0, 0.1) is 5.41 Å². The minimum Gasteiger partial charge on any atom is -0.359 e. The molecule has 18 heavy (non-hydrogen) atoms. The van der Waals surface area contributed by atoms with Crippen LogP contribution in [0.4, 0.5) is 0 Å². The molecule has 1 unspecified atom stereocenters. The smallest absolute Gasteiger partial charge is 0.237 e. The predicted octanol–water partition coefficient (Wildman–Crippen LogP) is 0.651. The molecule has 0 heterocycles. The Labute approximate surface area is 110 Å². The van der Waals surface area contributed by atoms with Gasteiger partial charge in [0.25, 0.3) is 0 Å². The molecule has 0 rings (SSSR count). The molecule has 0 aliphatic carbocycles. The first-order chi connectivity index (χ1) is 7.99. The number of carbonyl (C=O) groups excluding carboxylic acids is 2. The molecule has 2 amide bonds. The lowest BCUT2D eigenvalue weighted by atomic mass is 9.92. The van der Waals surface area contributed by atoms with Crippen molar-refractivity contribution < 1.29 is 9.59 Å². The summed E-state index contributed by atoms with van der Waals surface area (Å²) in [4.78, 5) is 23.4. The quantitative estimate of drug-likeness (QED) is 0.677. The van der Waals surface area contributed by atoms with Crippen LogP contribution in [0.5, 0.6) is 0 Å². The highest BCUT2D eigenvalue weighted by molar-refractivity contribution is 5.83. The van der Waals surface area contributed by atoms with E-state index in [0.717, 1.165) is 0 Å². The van der Waals surface area contributed by atoms with Crippen LogP contribution in [0.3, 0.4) is 0 Å². The van der Waals surface area contributed by atoms with Gasteiger partial charge in [-0.3, -0.25) is 9.59 Å². The van der Waals surface area contributed by atoms with Gasteiger partial charge in [-0.25, -0.2) is 0 Å². The summed E-state index contributed by atoms with van der Waals surface area (Å²) in [5.41, 5.74) is -0.783. The molecule has 0 spiro atoms. The lowest BCUT2D eigenvalue weighted by molar-refractivity contribution is -0.129. The zero-order chi connectivity index (χ0) is 14.6. The van der Waals surface area contributed by atoms with Crippen LogP contribution in [0.2, 0.25) is 0 Å². The number of hydrogen-bond donors (Lipinski definition) is 3. The van der Waals surface area contributed by atoms with Crippen molar-refractivity contribution in [3.8, 4) is 0 Å². The molecule has 0 aliphatic rings. The maximum absolute atomic E-state index is 11.8. The van der Waals surface area contributed by atoms with E-state index < -0.39 is 5.41 Å². The van der Waals surface area contributed by atoms with Crippen LogP contribution in [0.1, 0.15) is 41.5 Å². The molecule has 106 valence electrons. The normalized spacial score (nSPS) is 13.9. The Morgan fingerprint density at radius 1 is 1.11 bits per heavy atom. The van der Waals surface area contributed by atoms with E-state index >= 15 is 0 Å². The number of rotatable bonds is 5. The van der Waals surface area contributed by atoms with Crippen LogP contribution in [0.15, 0.2) is 0 Å². The molecule has 0 saturated heterocycles. The van der Waals surface area contributed by atoms with Gasteiger partial charge in [-0.1, -0.05) is 0 Å². The molecule has 3 N–H and O–H groups in total. The van der Waals surface area contributed by atoms with Crippen molar-refractivity contribution in [1.29, 1.82) is 0 Å². The molecule has 0 aromatic rings. The summed E-state index contributed by atoms with van der Waals surface area (Å²) in [5, 5.41) is 8.60. The third kappa shape index (κ3) is 6.00. The van der Waals surface area contributed by atoms with E-state index in [1.54, 1.807) is 14.0 Å². The molecule has 0 aromatic heterocycles. The fourth-order valence-electron chi connectivity index (χ4n) is 1.40. The fraction of sp³-hybridized carbons (Fsp3) is 0.846. The molecule has 0 radical (unpaired) electrons. The molecule has 0 saturated carbocycles. The number of nitrogens with one attached hydrogen (secondary N) is 3. The van der Waals surface area contributed by atoms with Crippen molar-refractivity contribution in [3.63, 3.8) is 0 Å². The minimum atomic E-state index is -0.537. The van der Waals surface area contributed by atoms with Crippen LogP contribution in [-0.2, 0) is 9.59 Å². The van der Waals surface area contributed by atoms with Gasteiger partial charge in [0.15, 0.2) is 0 Å². The predicted molar refractivity (Wildman–Crippen MR) is 73.2 cm³/mol. The van der Waals surface area contributed by atoms with Crippen molar-refractivity contribution in [3.05, 3.63) is 0 Å². The van der Waals surface area contributed by atoms with Gasteiger partial charge in [-0.15, -0.1) is 0 Å². The van der Waals surface area contributed by atoms with E-state index in [9.17, 15) is 9.59 Å². The lowest BCUT2D eigenvalue weighted by Gasteiger charge is -2.27. The number of amides is 2. The summed E-state index contributed by atoms with van der Waals surface area (Å²) >= 11 is 0. The zero-order valence-corrected chi connectivity index (χ0v) is 12.6. The van der Waals surface area contributed by atoms with E-state index in [2.05, 4.69) is 16.0 Å². The van der Waals surface area contributed by atoms with Gasteiger partial charge in [-0.05, 0) is 41.5 Å². The van der Waals surface area contributed by atoms with Gasteiger partial charge in [0.05, 0.1) is 11.5 Å². The average Bonchev–Trinajstić information content (AvgIpc) is 2.22. The maximum Gasteiger partial charge on any atom is 0.237 e. The van der Waals surface area contributed by atoms with E-state index in [0.29, 0.717) is 6.54 Å². The van der Waals surface area contributed by atoms with Gasteiger partial charge in [-0.2, -0.15) is 0 Å². The first-order valence-corrected chi connectivity index (χ1v) is 6.27. The van der Waals surface area contributed by atoms with E-state index in [1.165, 1.54) is 0 Å². The second-order valence-corrected chi connectivity index (χ2v) is 6.30.